The first kappa shape index (κ1) is 12.3. The Kier molecular flexibility index (Phi) is 3.12. The highest BCUT2D eigenvalue weighted by molar-refractivity contribution is 6.07. The molecule has 3 rings (SSSR count). The molecule has 20 heavy (non-hydrogen) atoms. The highest BCUT2D eigenvalue weighted by Gasteiger charge is 2.11. The van der Waals surface area contributed by atoms with Crippen LogP contribution in [0.1, 0.15) is 10.4 Å². The summed E-state index contributed by atoms with van der Waals surface area (Å²) in [6, 6.07) is 7.32. The van der Waals surface area contributed by atoms with Gasteiger partial charge >= 0.3 is 0 Å². The van der Waals surface area contributed by atoms with E-state index in [-0.39, 0.29) is 5.91 Å². The van der Waals surface area contributed by atoms with Crippen LogP contribution in [0.3, 0.4) is 0 Å². The molecule has 0 fully saturated rings. The maximum atomic E-state index is 12.2. The molecule has 0 saturated heterocycles. The molecule has 0 aliphatic carbocycles. The summed E-state index contributed by atoms with van der Waals surface area (Å²) in [6.07, 6.45) is 5.27. The molecule has 6 nitrogen and oxygen atoms in total. The lowest BCUT2D eigenvalue weighted by molar-refractivity contribution is 0.0953. The van der Waals surface area contributed by atoms with Gasteiger partial charge in [0.25, 0.3) is 5.91 Å². The highest BCUT2D eigenvalue weighted by atomic mass is 16.1. The fourth-order valence-electron chi connectivity index (χ4n) is 2.14. The number of nitrogens with one attached hydrogen (secondary N) is 2. The summed E-state index contributed by atoms with van der Waals surface area (Å²) in [6.45, 7) is 1.17. The van der Waals surface area contributed by atoms with E-state index in [1.807, 2.05) is 18.3 Å². The molecule has 4 N–H and O–H groups in total. The lowest BCUT2D eigenvalue weighted by Gasteiger charge is -2.05. The summed E-state index contributed by atoms with van der Waals surface area (Å²) in [5.41, 5.74) is 7.90. The molecule has 0 spiro atoms. The number of nitrogens with zero attached hydrogens (tertiary/aromatic N) is 2. The van der Waals surface area contributed by atoms with E-state index in [9.17, 15) is 4.79 Å². The van der Waals surface area contributed by atoms with Crippen molar-refractivity contribution in [2.24, 2.45) is 0 Å². The molecule has 6 heteroatoms. The Morgan fingerprint density at radius 1 is 1.45 bits per heavy atom. The largest absolute Gasteiger partial charge is 0.399 e. The van der Waals surface area contributed by atoms with Crippen LogP contribution in [0.5, 0.6) is 0 Å². The van der Waals surface area contributed by atoms with Crippen molar-refractivity contribution in [2.75, 3.05) is 12.3 Å². The molecule has 0 aliphatic heterocycles. The van der Waals surface area contributed by atoms with Crippen LogP contribution in [0.15, 0.2) is 42.9 Å². The molecule has 3 aromatic rings. The molecular weight excluding hydrogens is 254 g/mol. The van der Waals surface area contributed by atoms with Crippen LogP contribution in [0, 0.1) is 0 Å². The summed E-state index contributed by atoms with van der Waals surface area (Å²) in [7, 11) is 0. The minimum Gasteiger partial charge on any atom is -0.399 e. The van der Waals surface area contributed by atoms with Crippen molar-refractivity contribution >= 4 is 22.5 Å². The second kappa shape index (κ2) is 5.08. The van der Waals surface area contributed by atoms with Gasteiger partial charge in [0, 0.05) is 41.7 Å². The number of hydrogen-bond donors (Lipinski definition) is 3. The van der Waals surface area contributed by atoms with Crippen LogP contribution < -0.4 is 11.1 Å². The van der Waals surface area contributed by atoms with Gasteiger partial charge in [-0.2, -0.15) is 5.10 Å². The molecule has 1 amide bonds. The minimum absolute atomic E-state index is 0.117. The van der Waals surface area contributed by atoms with Crippen LogP contribution in [0.2, 0.25) is 0 Å². The normalized spacial score (nSPS) is 10.8. The van der Waals surface area contributed by atoms with E-state index in [2.05, 4.69) is 15.4 Å². The Labute approximate surface area is 115 Å². The number of amides is 1. The van der Waals surface area contributed by atoms with Crippen LogP contribution in [0.4, 0.5) is 5.69 Å². The monoisotopic (exact) mass is 269 g/mol. The number of hydrogen-bond acceptors (Lipinski definition) is 3. The quantitative estimate of drug-likeness (QED) is 0.625. The third kappa shape index (κ3) is 2.35. The van der Waals surface area contributed by atoms with Crippen molar-refractivity contribution < 1.29 is 4.79 Å². The van der Waals surface area contributed by atoms with Gasteiger partial charge in [-0.1, -0.05) is 0 Å². The summed E-state index contributed by atoms with van der Waals surface area (Å²) in [5.74, 6) is -0.117. The SMILES string of the molecule is Nc1ccc2[nH]cc(C(=O)NCCn3cccn3)c2c1. The first-order valence-electron chi connectivity index (χ1n) is 6.36. The topological polar surface area (TPSA) is 88.7 Å². The molecule has 102 valence electrons. The predicted molar refractivity (Wildman–Crippen MR) is 77.3 cm³/mol. The molecule has 0 unspecified atom stereocenters. The number of carbonyl (C=O) groups excluding carboxylic acids is 1. The van der Waals surface area contributed by atoms with Crippen molar-refractivity contribution in [1.29, 1.82) is 0 Å². The number of aromatic nitrogens is 3. The number of rotatable bonds is 4. The van der Waals surface area contributed by atoms with Crippen LogP contribution >= 0.6 is 0 Å². The second-order valence-electron chi connectivity index (χ2n) is 4.53. The van der Waals surface area contributed by atoms with Gasteiger partial charge in [0.1, 0.15) is 0 Å². The minimum atomic E-state index is -0.117. The van der Waals surface area contributed by atoms with Gasteiger partial charge in [0.05, 0.1) is 12.1 Å². The zero-order valence-electron chi connectivity index (χ0n) is 10.8. The van der Waals surface area contributed by atoms with Crippen molar-refractivity contribution in [3.05, 3.63) is 48.4 Å². The molecule has 2 heterocycles. The maximum Gasteiger partial charge on any atom is 0.253 e. The number of aromatic amines is 1. The lowest BCUT2D eigenvalue weighted by Crippen LogP contribution is -2.27. The smallest absolute Gasteiger partial charge is 0.253 e. The maximum absolute atomic E-state index is 12.2. The van der Waals surface area contributed by atoms with Crippen LogP contribution in [0.25, 0.3) is 10.9 Å². The standard InChI is InChI=1S/C14H15N5O/c15-10-2-3-13-11(8-10)12(9-17-13)14(20)16-5-7-19-6-1-4-18-19/h1-4,6,8-9,17H,5,7,15H2,(H,16,20). The van der Waals surface area contributed by atoms with Crippen LogP contribution in [-0.4, -0.2) is 27.2 Å². The Hall–Kier alpha value is -2.76. The number of nitrogens with two attached hydrogens (primary N) is 1. The van der Waals surface area contributed by atoms with Gasteiger partial charge in [-0.25, -0.2) is 0 Å². The molecule has 0 aliphatic rings. The van der Waals surface area contributed by atoms with Gasteiger partial charge in [0.15, 0.2) is 0 Å². The van der Waals surface area contributed by atoms with Gasteiger partial charge in [0.2, 0.25) is 0 Å². The number of H-pyrrole nitrogens is 1. The third-order valence-corrected chi connectivity index (χ3v) is 3.14. The number of fused-ring (bicyclic) bond motifs is 1. The van der Waals surface area contributed by atoms with E-state index in [1.165, 1.54) is 0 Å². The number of nitrogen functional groups attached to an aromatic ring is 1. The zero-order valence-corrected chi connectivity index (χ0v) is 10.8. The van der Waals surface area contributed by atoms with Crippen LogP contribution in [-0.2, 0) is 6.54 Å². The summed E-state index contributed by atoms with van der Waals surface area (Å²) < 4.78 is 1.77. The Morgan fingerprint density at radius 2 is 2.35 bits per heavy atom. The fourth-order valence-corrected chi connectivity index (χ4v) is 2.14. The summed E-state index contributed by atoms with van der Waals surface area (Å²) >= 11 is 0. The summed E-state index contributed by atoms with van der Waals surface area (Å²) in [5, 5.41) is 7.79. The lowest BCUT2D eigenvalue weighted by atomic mass is 10.1. The summed E-state index contributed by atoms with van der Waals surface area (Å²) in [4.78, 5) is 15.2. The first-order chi connectivity index (χ1) is 9.74. The number of benzene rings is 1. The average molecular weight is 269 g/mol. The molecule has 2 aromatic heterocycles. The zero-order chi connectivity index (χ0) is 13.9. The van der Waals surface area contributed by atoms with Gasteiger partial charge in [-0.3, -0.25) is 9.48 Å². The average Bonchev–Trinajstić information content (AvgIpc) is 3.07. The fraction of sp³-hybridized carbons (Fsp3) is 0.143. The number of anilines is 1. The Morgan fingerprint density at radius 3 is 3.15 bits per heavy atom. The van der Waals surface area contributed by atoms with E-state index >= 15 is 0 Å². The molecule has 0 radical (unpaired) electrons. The van der Waals surface area contributed by atoms with Gasteiger partial charge < -0.3 is 16.0 Å². The van der Waals surface area contributed by atoms with Crippen molar-refractivity contribution in [1.82, 2.24) is 20.1 Å². The van der Waals surface area contributed by atoms with Gasteiger partial charge in [-0.05, 0) is 24.3 Å². The molecular formula is C14H15N5O. The van der Waals surface area contributed by atoms with E-state index < -0.39 is 0 Å². The Balaban J connectivity index is 1.70. The van der Waals surface area contributed by atoms with E-state index in [0.717, 1.165) is 10.9 Å². The van der Waals surface area contributed by atoms with E-state index in [1.54, 1.807) is 29.2 Å². The molecule has 0 saturated carbocycles. The molecule has 0 bridgehead atoms. The van der Waals surface area contributed by atoms with E-state index in [4.69, 9.17) is 5.73 Å². The molecule has 1 aromatic carbocycles. The van der Waals surface area contributed by atoms with Crippen molar-refractivity contribution in [2.45, 2.75) is 6.54 Å². The highest BCUT2D eigenvalue weighted by Crippen LogP contribution is 2.20. The molecule has 0 atom stereocenters. The second-order valence-corrected chi connectivity index (χ2v) is 4.53. The Bertz CT molecular complexity index is 729. The van der Waals surface area contributed by atoms with Gasteiger partial charge in [-0.15, -0.1) is 0 Å². The number of carbonyl (C=O) groups is 1. The third-order valence-electron chi connectivity index (χ3n) is 3.14. The van der Waals surface area contributed by atoms with Crippen molar-refractivity contribution in [3.8, 4) is 0 Å². The van der Waals surface area contributed by atoms with Crippen molar-refractivity contribution in [3.63, 3.8) is 0 Å². The first-order valence-corrected chi connectivity index (χ1v) is 6.36. The van der Waals surface area contributed by atoms with E-state index in [0.29, 0.717) is 24.3 Å². The predicted octanol–water partition coefficient (Wildman–Crippen LogP) is 1.38.